The SMILES string of the molecule is CCN1CCCC1CNC(=O)Nc1cccc(C(=O)OC)c1. The highest BCUT2D eigenvalue weighted by Crippen LogP contribution is 2.16. The zero-order chi connectivity index (χ0) is 15.9. The Labute approximate surface area is 130 Å². The van der Waals surface area contributed by atoms with Gasteiger partial charge in [-0.05, 0) is 44.1 Å². The second kappa shape index (κ2) is 7.79. The van der Waals surface area contributed by atoms with Gasteiger partial charge in [-0.3, -0.25) is 4.90 Å². The molecule has 1 aliphatic heterocycles. The number of rotatable bonds is 5. The molecule has 2 N–H and O–H groups in total. The number of amides is 2. The predicted molar refractivity (Wildman–Crippen MR) is 85.1 cm³/mol. The molecule has 0 spiro atoms. The number of ether oxygens (including phenoxy) is 1. The van der Waals surface area contributed by atoms with Gasteiger partial charge in [-0.25, -0.2) is 9.59 Å². The lowest BCUT2D eigenvalue weighted by Gasteiger charge is -2.22. The van der Waals surface area contributed by atoms with Crippen molar-refractivity contribution in [2.45, 2.75) is 25.8 Å². The van der Waals surface area contributed by atoms with E-state index < -0.39 is 5.97 Å². The second-order valence-corrected chi connectivity index (χ2v) is 5.33. The zero-order valence-corrected chi connectivity index (χ0v) is 13.1. The summed E-state index contributed by atoms with van der Waals surface area (Å²) in [6.45, 7) is 4.88. The average molecular weight is 305 g/mol. The number of urea groups is 1. The number of esters is 1. The van der Waals surface area contributed by atoms with E-state index in [1.54, 1.807) is 24.3 Å². The average Bonchev–Trinajstić information content (AvgIpc) is 3.00. The molecule has 1 unspecified atom stereocenters. The Morgan fingerprint density at radius 2 is 2.23 bits per heavy atom. The van der Waals surface area contributed by atoms with Crippen LogP contribution >= 0.6 is 0 Å². The van der Waals surface area contributed by atoms with Crippen LogP contribution in [0.2, 0.25) is 0 Å². The van der Waals surface area contributed by atoms with Crippen LogP contribution in [0.4, 0.5) is 10.5 Å². The molecule has 0 saturated carbocycles. The molecule has 1 aromatic rings. The largest absolute Gasteiger partial charge is 0.465 e. The number of nitrogens with one attached hydrogen (secondary N) is 2. The van der Waals surface area contributed by atoms with Gasteiger partial charge in [-0.2, -0.15) is 0 Å². The molecule has 1 aromatic carbocycles. The third kappa shape index (κ3) is 4.21. The molecular formula is C16H23N3O3. The number of benzene rings is 1. The summed E-state index contributed by atoms with van der Waals surface area (Å²) < 4.78 is 4.66. The summed E-state index contributed by atoms with van der Waals surface area (Å²) in [4.78, 5) is 25.8. The number of likely N-dealkylation sites (tertiary alicyclic amines) is 1. The first-order chi connectivity index (χ1) is 10.6. The molecule has 6 heteroatoms. The summed E-state index contributed by atoms with van der Waals surface area (Å²) in [6, 6.07) is 6.84. The fourth-order valence-corrected chi connectivity index (χ4v) is 2.77. The van der Waals surface area contributed by atoms with Gasteiger partial charge in [0.2, 0.25) is 0 Å². The first-order valence-corrected chi connectivity index (χ1v) is 7.61. The van der Waals surface area contributed by atoms with Gasteiger partial charge < -0.3 is 15.4 Å². The minimum absolute atomic E-state index is 0.259. The van der Waals surface area contributed by atoms with Crippen molar-refractivity contribution < 1.29 is 14.3 Å². The molecule has 1 heterocycles. The monoisotopic (exact) mass is 305 g/mol. The molecule has 0 radical (unpaired) electrons. The van der Waals surface area contributed by atoms with Gasteiger partial charge in [-0.15, -0.1) is 0 Å². The van der Waals surface area contributed by atoms with Crippen LogP contribution in [-0.4, -0.2) is 49.7 Å². The van der Waals surface area contributed by atoms with Gasteiger partial charge in [0.05, 0.1) is 12.7 Å². The molecule has 1 saturated heterocycles. The quantitative estimate of drug-likeness (QED) is 0.817. The minimum atomic E-state index is -0.423. The van der Waals surface area contributed by atoms with Crippen LogP contribution in [-0.2, 0) is 4.74 Å². The topological polar surface area (TPSA) is 70.7 Å². The maximum atomic E-state index is 12.0. The molecule has 22 heavy (non-hydrogen) atoms. The number of methoxy groups -OCH3 is 1. The third-order valence-corrected chi connectivity index (χ3v) is 3.95. The summed E-state index contributed by atoms with van der Waals surface area (Å²) in [6.07, 6.45) is 2.30. The van der Waals surface area contributed by atoms with Gasteiger partial charge in [0.1, 0.15) is 0 Å². The van der Waals surface area contributed by atoms with E-state index in [0.29, 0.717) is 23.8 Å². The second-order valence-electron chi connectivity index (χ2n) is 5.33. The van der Waals surface area contributed by atoms with Crippen molar-refractivity contribution in [1.82, 2.24) is 10.2 Å². The highest BCUT2D eigenvalue weighted by atomic mass is 16.5. The Bertz CT molecular complexity index is 533. The zero-order valence-electron chi connectivity index (χ0n) is 13.1. The third-order valence-electron chi connectivity index (χ3n) is 3.95. The summed E-state index contributed by atoms with van der Waals surface area (Å²) in [5.41, 5.74) is 0.979. The van der Waals surface area contributed by atoms with Crippen LogP contribution in [0, 0.1) is 0 Å². The smallest absolute Gasteiger partial charge is 0.337 e. The lowest BCUT2D eigenvalue weighted by atomic mass is 10.2. The lowest BCUT2D eigenvalue weighted by Crippen LogP contribution is -2.41. The normalized spacial score (nSPS) is 18.0. The van der Waals surface area contributed by atoms with E-state index in [4.69, 9.17) is 0 Å². The van der Waals surface area contributed by atoms with E-state index in [9.17, 15) is 9.59 Å². The Balaban J connectivity index is 1.85. The number of nitrogens with zero attached hydrogens (tertiary/aromatic N) is 1. The number of likely N-dealkylation sites (N-methyl/N-ethyl adjacent to an activating group) is 1. The summed E-state index contributed by atoms with van der Waals surface area (Å²) >= 11 is 0. The van der Waals surface area contributed by atoms with Gasteiger partial charge in [0.15, 0.2) is 0 Å². The van der Waals surface area contributed by atoms with Crippen molar-refractivity contribution in [1.29, 1.82) is 0 Å². The molecule has 0 aliphatic carbocycles. The molecule has 6 nitrogen and oxygen atoms in total. The van der Waals surface area contributed by atoms with Crippen molar-refractivity contribution in [2.75, 3.05) is 32.1 Å². The van der Waals surface area contributed by atoms with Crippen LogP contribution < -0.4 is 10.6 Å². The van der Waals surface area contributed by atoms with E-state index >= 15 is 0 Å². The summed E-state index contributed by atoms with van der Waals surface area (Å²) in [5, 5.41) is 5.63. The number of carbonyl (C=O) groups is 2. The molecule has 0 bridgehead atoms. The van der Waals surface area contributed by atoms with Crippen LogP contribution in [0.3, 0.4) is 0 Å². The standard InChI is InChI=1S/C16H23N3O3/c1-3-19-9-5-8-14(19)11-17-16(21)18-13-7-4-6-12(10-13)15(20)22-2/h4,6-7,10,14H,3,5,8-9,11H2,1-2H3,(H2,17,18,21). The Hall–Kier alpha value is -2.08. The molecule has 120 valence electrons. The number of hydrogen-bond donors (Lipinski definition) is 2. The first-order valence-electron chi connectivity index (χ1n) is 7.61. The highest BCUT2D eigenvalue weighted by molar-refractivity contribution is 5.93. The fourth-order valence-electron chi connectivity index (χ4n) is 2.77. The predicted octanol–water partition coefficient (Wildman–Crippen LogP) is 2.08. The summed E-state index contributed by atoms with van der Waals surface area (Å²) in [5.74, 6) is -0.423. The maximum Gasteiger partial charge on any atom is 0.337 e. The van der Waals surface area contributed by atoms with E-state index in [1.807, 2.05) is 0 Å². The molecule has 2 rings (SSSR count). The lowest BCUT2D eigenvalue weighted by molar-refractivity contribution is 0.0600. The Morgan fingerprint density at radius 3 is 2.95 bits per heavy atom. The molecular weight excluding hydrogens is 282 g/mol. The molecule has 1 atom stereocenters. The minimum Gasteiger partial charge on any atom is -0.465 e. The number of hydrogen-bond acceptors (Lipinski definition) is 4. The van der Waals surface area contributed by atoms with Crippen LogP contribution in [0.5, 0.6) is 0 Å². The Morgan fingerprint density at radius 1 is 1.41 bits per heavy atom. The van der Waals surface area contributed by atoms with Gasteiger partial charge in [0, 0.05) is 18.3 Å². The molecule has 0 aromatic heterocycles. The first kappa shape index (κ1) is 16.3. The molecule has 2 amide bonds. The van der Waals surface area contributed by atoms with Crippen molar-refractivity contribution >= 4 is 17.7 Å². The highest BCUT2D eigenvalue weighted by Gasteiger charge is 2.23. The number of carbonyl (C=O) groups excluding carboxylic acids is 2. The van der Waals surface area contributed by atoms with Gasteiger partial charge in [-0.1, -0.05) is 13.0 Å². The maximum absolute atomic E-state index is 12.0. The van der Waals surface area contributed by atoms with Crippen molar-refractivity contribution in [3.8, 4) is 0 Å². The van der Waals surface area contributed by atoms with Gasteiger partial charge >= 0.3 is 12.0 Å². The van der Waals surface area contributed by atoms with Crippen molar-refractivity contribution in [3.63, 3.8) is 0 Å². The van der Waals surface area contributed by atoms with Crippen molar-refractivity contribution in [2.24, 2.45) is 0 Å². The van der Waals surface area contributed by atoms with Crippen LogP contribution in [0.25, 0.3) is 0 Å². The number of anilines is 1. The van der Waals surface area contributed by atoms with E-state index in [-0.39, 0.29) is 6.03 Å². The molecule has 1 aliphatic rings. The van der Waals surface area contributed by atoms with Crippen molar-refractivity contribution in [3.05, 3.63) is 29.8 Å². The Kier molecular flexibility index (Phi) is 5.77. The van der Waals surface area contributed by atoms with Gasteiger partial charge in [0.25, 0.3) is 0 Å². The van der Waals surface area contributed by atoms with E-state index in [2.05, 4.69) is 27.2 Å². The van der Waals surface area contributed by atoms with E-state index in [0.717, 1.165) is 19.5 Å². The summed E-state index contributed by atoms with van der Waals surface area (Å²) in [7, 11) is 1.33. The van der Waals surface area contributed by atoms with E-state index in [1.165, 1.54) is 13.5 Å². The van der Waals surface area contributed by atoms with Crippen LogP contribution in [0.15, 0.2) is 24.3 Å². The van der Waals surface area contributed by atoms with Crippen LogP contribution in [0.1, 0.15) is 30.1 Å². The molecule has 1 fully saturated rings. The fraction of sp³-hybridized carbons (Fsp3) is 0.500.